The van der Waals surface area contributed by atoms with Crippen molar-refractivity contribution in [2.45, 2.75) is 39.0 Å². The summed E-state index contributed by atoms with van der Waals surface area (Å²) in [6.07, 6.45) is 2.41. The van der Waals surface area contributed by atoms with Crippen molar-refractivity contribution >= 4 is 5.97 Å². The molecule has 0 amide bonds. The van der Waals surface area contributed by atoms with E-state index in [2.05, 4.69) is 0 Å². The highest BCUT2D eigenvalue weighted by atomic mass is 16.5. The van der Waals surface area contributed by atoms with Crippen molar-refractivity contribution in [3.05, 3.63) is 22.8 Å². The summed E-state index contributed by atoms with van der Waals surface area (Å²) < 4.78 is 10.8. The van der Waals surface area contributed by atoms with E-state index >= 15 is 0 Å². The quantitative estimate of drug-likeness (QED) is 0.867. The third kappa shape index (κ3) is 2.74. The van der Waals surface area contributed by atoms with Crippen LogP contribution in [0.1, 0.15) is 41.9 Å². The van der Waals surface area contributed by atoms with E-state index in [1.54, 1.807) is 14.2 Å². The second-order valence-corrected chi connectivity index (χ2v) is 5.49. The fourth-order valence-corrected chi connectivity index (χ4v) is 2.89. The molecular weight excluding hydrogens is 256 g/mol. The summed E-state index contributed by atoms with van der Waals surface area (Å²) in [6, 6.07) is 1.95. The second-order valence-electron chi connectivity index (χ2n) is 5.49. The van der Waals surface area contributed by atoms with Crippen LogP contribution in [0.15, 0.2) is 6.07 Å². The van der Waals surface area contributed by atoms with E-state index in [0.29, 0.717) is 11.7 Å². The van der Waals surface area contributed by atoms with E-state index in [1.807, 2.05) is 19.9 Å². The molecule has 1 unspecified atom stereocenters. The monoisotopic (exact) mass is 278 g/mol. The molecule has 1 fully saturated rings. The van der Waals surface area contributed by atoms with E-state index in [4.69, 9.17) is 14.6 Å². The third-order valence-electron chi connectivity index (χ3n) is 4.26. The van der Waals surface area contributed by atoms with Gasteiger partial charge in [0.2, 0.25) is 0 Å². The van der Waals surface area contributed by atoms with Gasteiger partial charge in [-0.1, -0.05) is 0 Å². The minimum absolute atomic E-state index is 0.0750. The summed E-state index contributed by atoms with van der Waals surface area (Å²) in [5.41, 5.74) is 3.23. The molecule has 0 radical (unpaired) electrons. The first kappa shape index (κ1) is 14.7. The van der Waals surface area contributed by atoms with Crippen molar-refractivity contribution in [2.75, 3.05) is 14.2 Å². The average molecular weight is 278 g/mol. The number of carboxylic acid groups (broad SMARTS) is 1. The van der Waals surface area contributed by atoms with Gasteiger partial charge in [0.25, 0.3) is 0 Å². The SMILES string of the molecule is COc1cc(C(CC(=O)O)C2CC2)c(C)c(C)c1OC. The number of methoxy groups -OCH3 is 2. The third-order valence-corrected chi connectivity index (χ3v) is 4.26. The maximum absolute atomic E-state index is 11.1. The maximum Gasteiger partial charge on any atom is 0.303 e. The van der Waals surface area contributed by atoms with Crippen molar-refractivity contribution < 1.29 is 19.4 Å². The van der Waals surface area contributed by atoms with E-state index < -0.39 is 5.97 Å². The molecule has 0 aliphatic heterocycles. The van der Waals surface area contributed by atoms with E-state index in [1.165, 1.54) is 0 Å². The molecule has 1 saturated carbocycles. The van der Waals surface area contributed by atoms with Crippen LogP contribution in [0.25, 0.3) is 0 Å². The van der Waals surface area contributed by atoms with Crippen molar-refractivity contribution in [1.82, 2.24) is 0 Å². The number of aliphatic carboxylic acids is 1. The Kier molecular flexibility index (Phi) is 4.21. The van der Waals surface area contributed by atoms with Gasteiger partial charge in [0.15, 0.2) is 11.5 Å². The molecule has 1 aliphatic rings. The molecule has 0 spiro atoms. The van der Waals surface area contributed by atoms with Gasteiger partial charge in [-0.3, -0.25) is 4.79 Å². The zero-order valence-electron chi connectivity index (χ0n) is 12.5. The Balaban J connectivity index is 2.48. The van der Waals surface area contributed by atoms with E-state index in [9.17, 15) is 4.79 Å². The van der Waals surface area contributed by atoms with Gasteiger partial charge in [-0.25, -0.2) is 0 Å². The molecule has 1 aromatic rings. The van der Waals surface area contributed by atoms with Crippen LogP contribution < -0.4 is 9.47 Å². The Morgan fingerprint density at radius 2 is 1.95 bits per heavy atom. The number of benzene rings is 1. The Labute approximate surface area is 119 Å². The molecule has 4 nitrogen and oxygen atoms in total. The van der Waals surface area contributed by atoms with Crippen molar-refractivity contribution in [2.24, 2.45) is 5.92 Å². The van der Waals surface area contributed by atoms with Gasteiger partial charge in [-0.05, 0) is 61.3 Å². The maximum atomic E-state index is 11.1. The summed E-state index contributed by atoms with van der Waals surface area (Å²) in [4.78, 5) is 11.1. The summed E-state index contributed by atoms with van der Waals surface area (Å²) >= 11 is 0. The lowest BCUT2D eigenvalue weighted by Gasteiger charge is -2.22. The number of carboxylic acids is 1. The summed E-state index contributed by atoms with van der Waals surface area (Å²) in [7, 11) is 3.24. The molecule has 1 aliphatic carbocycles. The Hall–Kier alpha value is -1.71. The molecule has 4 heteroatoms. The lowest BCUT2D eigenvalue weighted by Crippen LogP contribution is -2.11. The first-order valence-corrected chi connectivity index (χ1v) is 6.93. The van der Waals surface area contributed by atoms with E-state index in [0.717, 1.165) is 35.3 Å². The van der Waals surface area contributed by atoms with Gasteiger partial charge in [-0.15, -0.1) is 0 Å². The number of hydrogen-bond donors (Lipinski definition) is 1. The van der Waals surface area contributed by atoms with Crippen LogP contribution in [-0.4, -0.2) is 25.3 Å². The first-order valence-electron chi connectivity index (χ1n) is 6.93. The molecule has 2 rings (SSSR count). The molecule has 0 bridgehead atoms. The van der Waals surface area contributed by atoms with Gasteiger partial charge >= 0.3 is 5.97 Å². The fourth-order valence-electron chi connectivity index (χ4n) is 2.89. The van der Waals surface area contributed by atoms with Gasteiger partial charge in [0, 0.05) is 0 Å². The average Bonchev–Trinajstić information content (AvgIpc) is 3.23. The highest BCUT2D eigenvalue weighted by molar-refractivity contribution is 5.69. The Morgan fingerprint density at radius 3 is 2.40 bits per heavy atom. The van der Waals surface area contributed by atoms with Crippen LogP contribution in [0.3, 0.4) is 0 Å². The molecule has 0 aromatic heterocycles. The zero-order valence-corrected chi connectivity index (χ0v) is 12.5. The van der Waals surface area contributed by atoms with Gasteiger partial charge < -0.3 is 14.6 Å². The van der Waals surface area contributed by atoms with Gasteiger partial charge in [-0.2, -0.15) is 0 Å². The van der Waals surface area contributed by atoms with E-state index in [-0.39, 0.29) is 12.3 Å². The summed E-state index contributed by atoms with van der Waals surface area (Å²) in [5, 5.41) is 9.15. The predicted molar refractivity (Wildman–Crippen MR) is 76.7 cm³/mol. The van der Waals surface area contributed by atoms with Gasteiger partial charge in [0.05, 0.1) is 20.6 Å². The number of rotatable bonds is 6. The molecule has 0 saturated heterocycles. The predicted octanol–water partition coefficient (Wildman–Crippen LogP) is 3.29. The number of carbonyl (C=O) groups is 1. The Morgan fingerprint density at radius 1 is 1.30 bits per heavy atom. The van der Waals surface area contributed by atoms with Crippen LogP contribution in [0, 0.1) is 19.8 Å². The van der Waals surface area contributed by atoms with Crippen LogP contribution in [0.2, 0.25) is 0 Å². The Bertz CT molecular complexity index is 518. The molecule has 0 heterocycles. The number of hydrogen-bond acceptors (Lipinski definition) is 3. The van der Waals surface area contributed by atoms with Crippen LogP contribution in [0.5, 0.6) is 11.5 Å². The van der Waals surface area contributed by atoms with Crippen LogP contribution >= 0.6 is 0 Å². The molecule has 20 heavy (non-hydrogen) atoms. The van der Waals surface area contributed by atoms with Crippen LogP contribution in [-0.2, 0) is 4.79 Å². The topological polar surface area (TPSA) is 55.8 Å². The molecular formula is C16H22O4. The first-order chi connectivity index (χ1) is 9.49. The summed E-state index contributed by atoms with van der Waals surface area (Å²) in [5.74, 6) is 1.24. The molecule has 1 N–H and O–H groups in total. The minimum atomic E-state index is -0.742. The molecule has 1 aromatic carbocycles. The van der Waals surface area contributed by atoms with Crippen molar-refractivity contribution in [1.29, 1.82) is 0 Å². The van der Waals surface area contributed by atoms with Crippen LogP contribution in [0.4, 0.5) is 0 Å². The minimum Gasteiger partial charge on any atom is -0.493 e. The molecule has 110 valence electrons. The largest absolute Gasteiger partial charge is 0.493 e. The smallest absolute Gasteiger partial charge is 0.303 e. The van der Waals surface area contributed by atoms with Crippen molar-refractivity contribution in [3.63, 3.8) is 0 Å². The van der Waals surface area contributed by atoms with Gasteiger partial charge in [0.1, 0.15) is 0 Å². The number of ether oxygens (including phenoxy) is 2. The lowest BCUT2D eigenvalue weighted by atomic mass is 9.86. The van der Waals surface area contributed by atoms with Crippen molar-refractivity contribution in [3.8, 4) is 11.5 Å². The zero-order chi connectivity index (χ0) is 14.9. The highest BCUT2D eigenvalue weighted by Gasteiger charge is 2.35. The summed E-state index contributed by atoms with van der Waals surface area (Å²) in [6.45, 7) is 4.02. The standard InChI is InChI=1S/C16H22O4/c1-9-10(2)16(20-4)14(19-3)7-12(9)13(8-15(17)18)11-5-6-11/h7,11,13H,5-6,8H2,1-4H3,(H,17,18). The lowest BCUT2D eigenvalue weighted by molar-refractivity contribution is -0.137. The second kappa shape index (κ2) is 5.73. The molecule has 1 atom stereocenters. The fraction of sp³-hybridized carbons (Fsp3) is 0.562. The normalized spacial score (nSPS) is 15.8. The highest BCUT2D eigenvalue weighted by Crippen LogP contribution is 2.48.